The standard InChI is InChI=1S/C13H18BrClN2O/c1-4-17(9-13(18)16(2)3)8-10-5-6-11(14)7-12(10)15/h5-7H,4,8-9H2,1-3H3. The zero-order chi connectivity index (χ0) is 13.7. The van der Waals surface area contributed by atoms with Crippen LogP contribution in [0.2, 0.25) is 5.02 Å². The van der Waals surface area contributed by atoms with Gasteiger partial charge in [-0.2, -0.15) is 0 Å². The number of benzene rings is 1. The number of halogens is 2. The summed E-state index contributed by atoms with van der Waals surface area (Å²) in [5.74, 6) is 0.102. The van der Waals surface area contributed by atoms with E-state index in [0.29, 0.717) is 13.1 Å². The third-order valence-corrected chi connectivity index (χ3v) is 3.56. The number of nitrogens with zero attached hydrogens (tertiary/aromatic N) is 2. The molecule has 0 saturated heterocycles. The molecule has 0 radical (unpaired) electrons. The SMILES string of the molecule is CCN(CC(=O)N(C)C)Cc1ccc(Br)cc1Cl. The van der Waals surface area contributed by atoms with Crippen molar-refractivity contribution in [2.75, 3.05) is 27.2 Å². The van der Waals surface area contributed by atoms with E-state index in [0.717, 1.165) is 21.6 Å². The first-order valence-electron chi connectivity index (χ1n) is 5.80. The Balaban J connectivity index is 2.71. The second kappa shape index (κ2) is 7.12. The quantitative estimate of drug-likeness (QED) is 0.827. The molecule has 1 aromatic rings. The van der Waals surface area contributed by atoms with E-state index in [1.165, 1.54) is 0 Å². The summed E-state index contributed by atoms with van der Waals surface area (Å²) >= 11 is 9.56. The Morgan fingerprint density at radius 1 is 1.39 bits per heavy atom. The van der Waals surface area contributed by atoms with E-state index in [9.17, 15) is 4.79 Å². The Morgan fingerprint density at radius 2 is 2.06 bits per heavy atom. The van der Waals surface area contributed by atoms with Gasteiger partial charge < -0.3 is 4.90 Å². The van der Waals surface area contributed by atoms with Gasteiger partial charge in [0.05, 0.1) is 6.54 Å². The molecule has 0 aromatic heterocycles. The van der Waals surface area contributed by atoms with Crippen molar-refractivity contribution in [3.63, 3.8) is 0 Å². The average Bonchev–Trinajstić information content (AvgIpc) is 2.31. The van der Waals surface area contributed by atoms with Crippen LogP contribution in [0, 0.1) is 0 Å². The van der Waals surface area contributed by atoms with Crippen LogP contribution in [0.1, 0.15) is 12.5 Å². The number of hydrogen-bond donors (Lipinski definition) is 0. The van der Waals surface area contributed by atoms with Gasteiger partial charge in [0.1, 0.15) is 0 Å². The highest BCUT2D eigenvalue weighted by Crippen LogP contribution is 2.22. The van der Waals surface area contributed by atoms with Gasteiger partial charge in [0.25, 0.3) is 0 Å². The first kappa shape index (κ1) is 15.5. The van der Waals surface area contributed by atoms with Gasteiger partial charge in [-0.1, -0.05) is 40.5 Å². The predicted octanol–water partition coefficient (Wildman–Crippen LogP) is 3.01. The molecule has 1 rings (SSSR count). The molecular weight excluding hydrogens is 316 g/mol. The monoisotopic (exact) mass is 332 g/mol. The summed E-state index contributed by atoms with van der Waals surface area (Å²) < 4.78 is 0.962. The third-order valence-electron chi connectivity index (χ3n) is 2.71. The molecule has 0 heterocycles. The molecule has 18 heavy (non-hydrogen) atoms. The molecular formula is C13H18BrClN2O. The number of likely N-dealkylation sites (N-methyl/N-ethyl adjacent to an activating group) is 2. The van der Waals surface area contributed by atoms with Crippen molar-refractivity contribution in [1.82, 2.24) is 9.80 Å². The van der Waals surface area contributed by atoms with Crippen LogP contribution < -0.4 is 0 Å². The number of hydrogen-bond acceptors (Lipinski definition) is 2. The lowest BCUT2D eigenvalue weighted by Gasteiger charge is -2.22. The van der Waals surface area contributed by atoms with Crippen LogP contribution in [0.15, 0.2) is 22.7 Å². The number of rotatable bonds is 5. The number of carbonyl (C=O) groups is 1. The van der Waals surface area contributed by atoms with E-state index >= 15 is 0 Å². The topological polar surface area (TPSA) is 23.6 Å². The van der Waals surface area contributed by atoms with E-state index in [1.807, 2.05) is 25.1 Å². The molecule has 100 valence electrons. The predicted molar refractivity (Wildman–Crippen MR) is 78.8 cm³/mol. The fraction of sp³-hybridized carbons (Fsp3) is 0.462. The minimum Gasteiger partial charge on any atom is -0.348 e. The first-order valence-corrected chi connectivity index (χ1v) is 6.97. The lowest BCUT2D eigenvalue weighted by molar-refractivity contribution is -0.130. The summed E-state index contributed by atoms with van der Waals surface area (Å²) in [6.45, 7) is 3.94. The minimum atomic E-state index is 0.102. The van der Waals surface area contributed by atoms with Gasteiger partial charge in [-0.25, -0.2) is 0 Å². The maximum absolute atomic E-state index is 11.7. The molecule has 1 aromatic carbocycles. The Labute approximate surface area is 122 Å². The fourth-order valence-corrected chi connectivity index (χ4v) is 2.24. The summed E-state index contributed by atoms with van der Waals surface area (Å²) in [4.78, 5) is 15.4. The Bertz CT molecular complexity index is 423. The van der Waals surface area contributed by atoms with Crippen molar-refractivity contribution in [2.45, 2.75) is 13.5 Å². The van der Waals surface area contributed by atoms with Gasteiger partial charge in [0.2, 0.25) is 5.91 Å². The molecule has 5 heteroatoms. The Hall–Kier alpha value is -0.580. The second-order valence-electron chi connectivity index (χ2n) is 4.33. The van der Waals surface area contributed by atoms with Gasteiger partial charge in [-0.05, 0) is 24.2 Å². The van der Waals surface area contributed by atoms with Crippen LogP contribution in [0.25, 0.3) is 0 Å². The van der Waals surface area contributed by atoms with Crippen LogP contribution in [-0.4, -0.2) is 42.9 Å². The van der Waals surface area contributed by atoms with Gasteiger partial charge in [0.15, 0.2) is 0 Å². The normalized spacial score (nSPS) is 10.8. The Morgan fingerprint density at radius 3 is 2.56 bits per heavy atom. The van der Waals surface area contributed by atoms with Crippen LogP contribution in [0.5, 0.6) is 0 Å². The average molecular weight is 334 g/mol. The molecule has 3 nitrogen and oxygen atoms in total. The maximum atomic E-state index is 11.7. The van der Waals surface area contributed by atoms with Crippen molar-refractivity contribution in [2.24, 2.45) is 0 Å². The first-order chi connectivity index (χ1) is 8.43. The molecule has 0 unspecified atom stereocenters. The summed E-state index contributed by atoms with van der Waals surface area (Å²) in [7, 11) is 3.53. The second-order valence-corrected chi connectivity index (χ2v) is 5.65. The largest absolute Gasteiger partial charge is 0.348 e. The molecule has 0 N–H and O–H groups in total. The van der Waals surface area contributed by atoms with E-state index in [-0.39, 0.29) is 5.91 Å². The van der Waals surface area contributed by atoms with Crippen molar-refractivity contribution in [1.29, 1.82) is 0 Å². The van der Waals surface area contributed by atoms with Crippen LogP contribution in [-0.2, 0) is 11.3 Å². The number of amides is 1. The van der Waals surface area contributed by atoms with Crippen molar-refractivity contribution in [3.05, 3.63) is 33.3 Å². The lowest BCUT2D eigenvalue weighted by atomic mass is 10.2. The van der Waals surface area contributed by atoms with Gasteiger partial charge in [0, 0.05) is 30.1 Å². The molecule has 0 saturated carbocycles. The van der Waals surface area contributed by atoms with Crippen molar-refractivity contribution >= 4 is 33.4 Å². The Kier molecular flexibility index (Phi) is 6.12. The molecule has 1 amide bonds. The molecule has 0 fully saturated rings. The highest BCUT2D eigenvalue weighted by Gasteiger charge is 2.12. The summed E-state index contributed by atoms with van der Waals surface area (Å²) in [5.41, 5.74) is 1.04. The minimum absolute atomic E-state index is 0.102. The zero-order valence-corrected chi connectivity index (χ0v) is 13.3. The van der Waals surface area contributed by atoms with Crippen molar-refractivity contribution in [3.8, 4) is 0 Å². The number of carbonyl (C=O) groups excluding carboxylic acids is 1. The van der Waals surface area contributed by atoms with E-state index in [1.54, 1.807) is 19.0 Å². The summed E-state index contributed by atoms with van der Waals surface area (Å²) in [6, 6.07) is 5.82. The molecule has 0 aliphatic rings. The summed E-state index contributed by atoms with van der Waals surface area (Å²) in [5, 5.41) is 0.722. The molecule has 0 bridgehead atoms. The molecule has 0 aliphatic heterocycles. The van der Waals surface area contributed by atoms with Gasteiger partial charge in [-0.3, -0.25) is 9.69 Å². The smallest absolute Gasteiger partial charge is 0.236 e. The highest BCUT2D eigenvalue weighted by molar-refractivity contribution is 9.10. The van der Waals surface area contributed by atoms with Gasteiger partial charge in [-0.15, -0.1) is 0 Å². The van der Waals surface area contributed by atoms with Crippen molar-refractivity contribution < 1.29 is 4.79 Å². The van der Waals surface area contributed by atoms with Gasteiger partial charge >= 0.3 is 0 Å². The maximum Gasteiger partial charge on any atom is 0.236 e. The zero-order valence-electron chi connectivity index (χ0n) is 10.9. The van der Waals surface area contributed by atoms with Crippen LogP contribution in [0.4, 0.5) is 0 Å². The van der Waals surface area contributed by atoms with E-state index in [4.69, 9.17) is 11.6 Å². The van der Waals surface area contributed by atoms with E-state index < -0.39 is 0 Å². The lowest BCUT2D eigenvalue weighted by Crippen LogP contribution is -2.36. The molecule has 0 spiro atoms. The fourth-order valence-electron chi connectivity index (χ4n) is 1.50. The van der Waals surface area contributed by atoms with E-state index in [2.05, 4.69) is 20.8 Å². The highest BCUT2D eigenvalue weighted by atomic mass is 79.9. The molecule has 0 atom stereocenters. The summed E-state index contributed by atoms with van der Waals surface area (Å²) in [6.07, 6.45) is 0. The van der Waals surface area contributed by atoms with Crippen LogP contribution >= 0.6 is 27.5 Å². The van der Waals surface area contributed by atoms with Crippen LogP contribution in [0.3, 0.4) is 0 Å². The molecule has 0 aliphatic carbocycles. The third kappa shape index (κ3) is 4.59.